The lowest BCUT2D eigenvalue weighted by Crippen LogP contribution is -2.22. The summed E-state index contributed by atoms with van der Waals surface area (Å²) < 4.78 is 5.89. The summed E-state index contributed by atoms with van der Waals surface area (Å²) in [5.41, 5.74) is 9.89. The smallest absolute Gasteiger partial charge is 0.146 e. The molecule has 5 rings (SSSR count). The third-order valence-electron chi connectivity index (χ3n) is 9.07. The summed E-state index contributed by atoms with van der Waals surface area (Å²) in [4.78, 5) is 2.31. The molecule has 5 aromatic rings. The minimum absolute atomic E-state index is 0.625. The second-order valence-electron chi connectivity index (χ2n) is 12.9. The van der Waals surface area contributed by atoms with Crippen LogP contribution in [0.15, 0.2) is 144 Å². The normalized spacial score (nSPS) is 11.1. The third-order valence-corrected chi connectivity index (χ3v) is 9.07. The zero-order valence-corrected chi connectivity index (χ0v) is 34.7. The van der Waals surface area contributed by atoms with E-state index in [1.165, 1.54) is 16.8 Å². The predicted octanol–water partition coefficient (Wildman–Crippen LogP) is 11.5. The van der Waals surface area contributed by atoms with Gasteiger partial charge in [0.05, 0.1) is 12.3 Å². The largest absolute Gasteiger partial charge is 0.492 e. The van der Waals surface area contributed by atoms with Gasteiger partial charge >= 0.3 is 0 Å². The summed E-state index contributed by atoms with van der Waals surface area (Å²) in [6.45, 7) is 8.90. The monoisotopic (exact) mass is 764 g/mol. The third kappa shape index (κ3) is 14.0. The number of ether oxygens (including phenoxy) is 1. The Balaban J connectivity index is 0.000000253. The van der Waals surface area contributed by atoms with Gasteiger partial charge in [0.15, 0.2) is 0 Å². The minimum atomic E-state index is 0.625. The van der Waals surface area contributed by atoms with E-state index in [2.05, 4.69) is 136 Å². The number of nitrogens with zero attached hydrogens (tertiary/aromatic N) is 5. The number of hydrazone groups is 2. The second-order valence-corrected chi connectivity index (χ2v) is 12.9. The molecule has 0 amide bonds. The van der Waals surface area contributed by atoms with Crippen LogP contribution in [-0.4, -0.2) is 60.3 Å². The maximum atomic E-state index is 5.89. The standard InChI is InChI=1S/C24H34N4O.C24H26N4/c1-6-28(7-2)21-16-17-23(24(19-21)29-8-3)27(5)26-18-12-11-14-20-13-9-10-15-22(20)25-4;1-25-24-14-7-6-10-20(24)11-8-9-19-26-28(2)23-17-15-22(16-18-23)27-21-12-4-3-5-13-21/h9-11,13-19,25H,6-8,12H2,1-5H3;3-8,10-19,25,27H,9H2,1-2H3/b14-11-,26-18+;11-8-,26-19+. The number of nitrogens with one attached hydrogen (secondary N) is 3. The first-order chi connectivity index (χ1) is 27.9. The topological polar surface area (TPSA) is 79.8 Å². The van der Waals surface area contributed by atoms with Crippen LogP contribution in [-0.2, 0) is 0 Å². The maximum absolute atomic E-state index is 5.89. The van der Waals surface area contributed by atoms with Crippen LogP contribution in [0.1, 0.15) is 44.7 Å². The minimum Gasteiger partial charge on any atom is -0.492 e. The van der Waals surface area contributed by atoms with Crippen LogP contribution in [0.2, 0.25) is 0 Å². The number of anilines is 7. The van der Waals surface area contributed by atoms with Crippen molar-refractivity contribution in [2.24, 2.45) is 10.2 Å². The van der Waals surface area contributed by atoms with Gasteiger partial charge in [-0.1, -0.05) is 78.9 Å². The zero-order valence-electron chi connectivity index (χ0n) is 34.7. The van der Waals surface area contributed by atoms with E-state index in [4.69, 9.17) is 4.74 Å². The molecule has 9 nitrogen and oxygen atoms in total. The van der Waals surface area contributed by atoms with E-state index in [1.54, 1.807) is 0 Å². The van der Waals surface area contributed by atoms with Crippen LogP contribution in [0.3, 0.4) is 0 Å². The molecule has 0 aliphatic rings. The molecule has 0 saturated heterocycles. The molecular weight excluding hydrogens is 705 g/mol. The molecule has 0 fully saturated rings. The van der Waals surface area contributed by atoms with Crippen molar-refractivity contribution in [2.45, 2.75) is 33.6 Å². The molecule has 0 aliphatic heterocycles. The van der Waals surface area contributed by atoms with Crippen molar-refractivity contribution in [1.82, 2.24) is 0 Å². The quantitative estimate of drug-likeness (QED) is 0.0571. The molecule has 0 heterocycles. The highest BCUT2D eigenvalue weighted by Gasteiger charge is 2.11. The summed E-state index contributed by atoms with van der Waals surface area (Å²) in [5, 5.41) is 22.6. The number of benzene rings is 5. The molecule has 0 aliphatic carbocycles. The fourth-order valence-electron chi connectivity index (χ4n) is 6.00. The molecule has 0 saturated carbocycles. The first kappa shape index (κ1) is 43.3. The number of rotatable bonds is 19. The average Bonchev–Trinajstić information content (AvgIpc) is 3.25. The Morgan fingerprint density at radius 2 is 1.09 bits per heavy atom. The summed E-state index contributed by atoms with van der Waals surface area (Å²) in [6.07, 6.45) is 13.8. The van der Waals surface area contributed by atoms with Crippen molar-refractivity contribution in [3.05, 3.63) is 145 Å². The fraction of sp³-hybridized carbons (Fsp3) is 0.250. The van der Waals surface area contributed by atoms with E-state index in [9.17, 15) is 0 Å². The molecule has 298 valence electrons. The van der Waals surface area contributed by atoms with Gasteiger partial charge in [0, 0.05) is 101 Å². The Morgan fingerprint density at radius 1 is 0.579 bits per heavy atom. The Labute approximate surface area is 341 Å². The van der Waals surface area contributed by atoms with Gasteiger partial charge < -0.3 is 25.6 Å². The van der Waals surface area contributed by atoms with Gasteiger partial charge in [0.2, 0.25) is 0 Å². The Morgan fingerprint density at radius 3 is 1.63 bits per heavy atom. The summed E-state index contributed by atoms with van der Waals surface area (Å²) in [7, 11) is 7.77. The molecule has 9 heteroatoms. The van der Waals surface area contributed by atoms with E-state index in [-0.39, 0.29) is 0 Å². The van der Waals surface area contributed by atoms with Crippen molar-refractivity contribution in [1.29, 1.82) is 0 Å². The molecule has 0 aromatic heterocycles. The Hall–Kier alpha value is -6.48. The summed E-state index contributed by atoms with van der Waals surface area (Å²) >= 11 is 0. The number of allylic oxidation sites excluding steroid dienone is 2. The van der Waals surface area contributed by atoms with Crippen molar-refractivity contribution in [3.63, 3.8) is 0 Å². The fourth-order valence-corrected chi connectivity index (χ4v) is 6.00. The molecule has 0 spiro atoms. The lowest BCUT2D eigenvalue weighted by molar-refractivity contribution is 0.341. The van der Waals surface area contributed by atoms with Gasteiger partial charge in [-0.3, -0.25) is 10.0 Å². The summed E-state index contributed by atoms with van der Waals surface area (Å²) in [6, 6.07) is 41.2. The Kier molecular flexibility index (Phi) is 18.3. The van der Waals surface area contributed by atoms with Crippen molar-refractivity contribution in [3.8, 4) is 5.75 Å². The molecule has 0 atom stereocenters. The van der Waals surface area contributed by atoms with Gasteiger partial charge in [0.25, 0.3) is 0 Å². The highest BCUT2D eigenvalue weighted by atomic mass is 16.5. The molecule has 3 N–H and O–H groups in total. The zero-order chi connectivity index (χ0) is 40.7. The maximum Gasteiger partial charge on any atom is 0.146 e. The number of hydrogen-bond donors (Lipinski definition) is 3. The van der Waals surface area contributed by atoms with Crippen LogP contribution in [0, 0.1) is 0 Å². The Bertz CT molecular complexity index is 2020. The highest BCUT2D eigenvalue weighted by Crippen LogP contribution is 2.33. The van der Waals surface area contributed by atoms with Gasteiger partial charge in [-0.2, -0.15) is 10.2 Å². The van der Waals surface area contributed by atoms with E-state index in [0.717, 1.165) is 65.8 Å². The highest BCUT2D eigenvalue weighted by molar-refractivity contribution is 5.72. The molecule has 0 bridgehead atoms. The van der Waals surface area contributed by atoms with Crippen LogP contribution in [0.5, 0.6) is 5.75 Å². The first-order valence-electron chi connectivity index (χ1n) is 19.7. The van der Waals surface area contributed by atoms with Crippen LogP contribution in [0.25, 0.3) is 12.2 Å². The van der Waals surface area contributed by atoms with Crippen molar-refractivity contribution in [2.75, 3.05) is 78.8 Å². The van der Waals surface area contributed by atoms with E-state index in [1.807, 2.05) is 112 Å². The van der Waals surface area contributed by atoms with Gasteiger partial charge in [-0.25, -0.2) is 0 Å². The first-order valence-corrected chi connectivity index (χ1v) is 19.7. The van der Waals surface area contributed by atoms with Gasteiger partial charge in [-0.15, -0.1) is 0 Å². The van der Waals surface area contributed by atoms with E-state index < -0.39 is 0 Å². The number of hydrogen-bond acceptors (Lipinski definition) is 9. The molecule has 5 aromatic carbocycles. The SMILES string of the molecule is CCOc1cc(N(CC)CC)ccc1N(C)/N=C/C/C=C\c1ccccc1NC.CNc1ccccc1/C=C\C/C=N/N(C)c1ccc(Nc2ccccc2)cc1. The van der Waals surface area contributed by atoms with E-state index in [0.29, 0.717) is 6.61 Å². The van der Waals surface area contributed by atoms with Crippen LogP contribution < -0.4 is 35.6 Å². The van der Waals surface area contributed by atoms with Crippen molar-refractivity contribution >= 4 is 64.4 Å². The van der Waals surface area contributed by atoms with Crippen LogP contribution in [0.4, 0.5) is 39.8 Å². The van der Waals surface area contributed by atoms with Gasteiger partial charge in [-0.05, 0) is 92.6 Å². The molecule has 0 radical (unpaired) electrons. The average molecular weight is 765 g/mol. The lowest BCUT2D eigenvalue weighted by atomic mass is 10.1. The van der Waals surface area contributed by atoms with Crippen molar-refractivity contribution < 1.29 is 4.74 Å². The van der Waals surface area contributed by atoms with Crippen LogP contribution >= 0.6 is 0 Å². The van der Waals surface area contributed by atoms with Gasteiger partial charge in [0.1, 0.15) is 11.4 Å². The molecule has 0 unspecified atom stereocenters. The molecular formula is C48H60N8O. The predicted molar refractivity (Wildman–Crippen MR) is 250 cm³/mol. The lowest BCUT2D eigenvalue weighted by Gasteiger charge is -2.24. The van der Waals surface area contributed by atoms with E-state index >= 15 is 0 Å². The second kappa shape index (κ2) is 24.1. The summed E-state index contributed by atoms with van der Waals surface area (Å²) in [5.74, 6) is 0.857. The number of para-hydroxylation sites is 3. The molecule has 57 heavy (non-hydrogen) atoms.